The molecule has 1 rings (SSSR count). The first-order valence-electron chi connectivity index (χ1n) is 7.01. The lowest BCUT2D eigenvalue weighted by Crippen LogP contribution is -2.47. The molecule has 0 aliphatic rings. The molecule has 5 heteroatoms. The van der Waals surface area contributed by atoms with E-state index in [1.54, 1.807) is 13.0 Å². The summed E-state index contributed by atoms with van der Waals surface area (Å²) in [6.07, 6.45) is 3.10. The summed E-state index contributed by atoms with van der Waals surface area (Å²) in [5, 5.41) is 11.5. The molecule has 2 N–H and O–H groups in total. The molecule has 0 fully saturated rings. The van der Waals surface area contributed by atoms with E-state index in [-0.39, 0.29) is 25.0 Å². The normalized spacial score (nSPS) is 12.1. The molecule has 0 saturated carbocycles. The molecule has 0 radical (unpaired) electrons. The summed E-state index contributed by atoms with van der Waals surface area (Å²) >= 11 is 0. The van der Waals surface area contributed by atoms with Crippen molar-refractivity contribution in [2.45, 2.75) is 19.9 Å². The third kappa shape index (κ3) is 5.79. The Balaban J connectivity index is 2.53. The maximum atomic E-state index is 12.0. The van der Waals surface area contributed by atoms with Gasteiger partial charge in [-0.15, -0.1) is 0 Å². The topological polar surface area (TPSA) is 69.6 Å². The van der Waals surface area contributed by atoms with Crippen LogP contribution in [0.3, 0.4) is 0 Å². The summed E-state index contributed by atoms with van der Waals surface area (Å²) in [6, 6.07) is 8.83. The fourth-order valence-electron chi connectivity index (χ4n) is 1.88. The van der Waals surface area contributed by atoms with Crippen LogP contribution in [-0.4, -0.2) is 47.6 Å². The highest BCUT2D eigenvalue weighted by molar-refractivity contribution is 5.95. The highest BCUT2D eigenvalue weighted by Gasteiger charge is 2.19. The van der Waals surface area contributed by atoms with Gasteiger partial charge >= 0.3 is 0 Å². The van der Waals surface area contributed by atoms with Crippen LogP contribution in [0.15, 0.2) is 36.4 Å². The summed E-state index contributed by atoms with van der Waals surface area (Å²) in [4.78, 5) is 25.3. The molecule has 21 heavy (non-hydrogen) atoms. The van der Waals surface area contributed by atoms with Crippen molar-refractivity contribution in [3.8, 4) is 0 Å². The Hall–Kier alpha value is -2.14. The lowest BCUT2D eigenvalue weighted by atomic mass is 10.2. The van der Waals surface area contributed by atoms with Crippen LogP contribution < -0.4 is 5.32 Å². The van der Waals surface area contributed by atoms with Crippen molar-refractivity contribution in [3.05, 3.63) is 42.0 Å². The molecule has 2 amide bonds. The molecule has 0 aromatic heterocycles. The summed E-state index contributed by atoms with van der Waals surface area (Å²) in [5.74, 6) is -0.521. The molecule has 0 aliphatic heterocycles. The van der Waals surface area contributed by atoms with Crippen molar-refractivity contribution in [1.29, 1.82) is 0 Å². The zero-order chi connectivity index (χ0) is 15.7. The quantitative estimate of drug-likeness (QED) is 0.737. The molecule has 1 aromatic carbocycles. The predicted molar refractivity (Wildman–Crippen MR) is 82.4 cm³/mol. The number of hydrogen-bond acceptors (Lipinski definition) is 3. The molecule has 1 aromatic rings. The number of aliphatic hydroxyl groups excluding tert-OH is 1. The van der Waals surface area contributed by atoms with Crippen molar-refractivity contribution in [2.75, 3.05) is 19.7 Å². The number of carbonyl (C=O) groups excluding carboxylic acids is 2. The van der Waals surface area contributed by atoms with Crippen LogP contribution in [0.25, 0.3) is 6.08 Å². The van der Waals surface area contributed by atoms with Gasteiger partial charge in [0.25, 0.3) is 0 Å². The van der Waals surface area contributed by atoms with Gasteiger partial charge in [0.2, 0.25) is 11.8 Å². The van der Waals surface area contributed by atoms with Crippen LogP contribution in [-0.2, 0) is 9.59 Å². The Labute approximate surface area is 125 Å². The monoisotopic (exact) mass is 290 g/mol. The number of carbonyl (C=O) groups is 2. The van der Waals surface area contributed by atoms with Crippen molar-refractivity contribution in [2.24, 2.45) is 0 Å². The number of aliphatic hydroxyl groups is 1. The van der Waals surface area contributed by atoms with E-state index in [1.165, 1.54) is 11.0 Å². The van der Waals surface area contributed by atoms with E-state index in [9.17, 15) is 9.59 Å². The summed E-state index contributed by atoms with van der Waals surface area (Å²) < 4.78 is 0. The fraction of sp³-hybridized carbons (Fsp3) is 0.375. The Bertz CT molecular complexity index is 486. The second-order valence-electron chi connectivity index (χ2n) is 4.62. The zero-order valence-electron chi connectivity index (χ0n) is 12.5. The Morgan fingerprint density at radius 2 is 2.00 bits per heavy atom. The lowest BCUT2D eigenvalue weighted by molar-refractivity contribution is -0.135. The van der Waals surface area contributed by atoms with Gasteiger partial charge < -0.3 is 15.3 Å². The maximum absolute atomic E-state index is 12.0. The smallest absolute Gasteiger partial charge is 0.244 e. The van der Waals surface area contributed by atoms with E-state index in [1.807, 2.05) is 37.3 Å². The van der Waals surface area contributed by atoms with Gasteiger partial charge in [0.05, 0.1) is 6.61 Å². The largest absolute Gasteiger partial charge is 0.395 e. The summed E-state index contributed by atoms with van der Waals surface area (Å²) in [5.41, 5.74) is 0.919. The maximum Gasteiger partial charge on any atom is 0.244 e. The van der Waals surface area contributed by atoms with Crippen LogP contribution in [0.1, 0.15) is 19.4 Å². The number of nitrogens with one attached hydrogen (secondary N) is 1. The van der Waals surface area contributed by atoms with Gasteiger partial charge in [0.15, 0.2) is 0 Å². The van der Waals surface area contributed by atoms with Gasteiger partial charge in [-0.05, 0) is 25.5 Å². The second kappa shape index (κ2) is 8.92. The van der Waals surface area contributed by atoms with Crippen LogP contribution in [0.2, 0.25) is 0 Å². The molecule has 0 saturated heterocycles. The van der Waals surface area contributed by atoms with Crippen LogP contribution in [0.5, 0.6) is 0 Å². The number of nitrogens with zero attached hydrogens (tertiary/aromatic N) is 1. The first kappa shape index (κ1) is 16.9. The van der Waals surface area contributed by atoms with Crippen molar-refractivity contribution in [3.63, 3.8) is 0 Å². The number of benzene rings is 1. The third-order valence-corrected chi connectivity index (χ3v) is 3.02. The Kier molecular flexibility index (Phi) is 7.18. The average molecular weight is 290 g/mol. The number of hydrogen-bond donors (Lipinski definition) is 2. The molecule has 0 heterocycles. The Morgan fingerprint density at radius 1 is 1.33 bits per heavy atom. The first-order valence-corrected chi connectivity index (χ1v) is 7.01. The molecule has 5 nitrogen and oxygen atoms in total. The zero-order valence-corrected chi connectivity index (χ0v) is 12.5. The molecule has 1 atom stereocenters. The Morgan fingerprint density at radius 3 is 2.57 bits per heavy atom. The lowest BCUT2D eigenvalue weighted by Gasteiger charge is -2.23. The van der Waals surface area contributed by atoms with Gasteiger partial charge in [-0.25, -0.2) is 0 Å². The van der Waals surface area contributed by atoms with Crippen LogP contribution in [0, 0.1) is 0 Å². The summed E-state index contributed by atoms with van der Waals surface area (Å²) in [6.45, 7) is 4.15. The van der Waals surface area contributed by atoms with Gasteiger partial charge in [0, 0.05) is 19.2 Å². The number of likely N-dealkylation sites (N-methyl/N-ethyl adjacent to an activating group) is 1. The summed E-state index contributed by atoms with van der Waals surface area (Å²) in [7, 11) is 0. The van der Waals surface area contributed by atoms with E-state index >= 15 is 0 Å². The van der Waals surface area contributed by atoms with Crippen LogP contribution in [0.4, 0.5) is 0 Å². The van der Waals surface area contributed by atoms with E-state index in [0.717, 1.165) is 5.56 Å². The first-order chi connectivity index (χ1) is 10.1. The number of rotatable bonds is 7. The average Bonchev–Trinajstić information content (AvgIpc) is 2.51. The molecule has 0 aliphatic carbocycles. The second-order valence-corrected chi connectivity index (χ2v) is 4.62. The molecular weight excluding hydrogens is 268 g/mol. The minimum Gasteiger partial charge on any atom is -0.395 e. The van der Waals surface area contributed by atoms with Gasteiger partial charge in [-0.1, -0.05) is 30.3 Å². The molecular formula is C16H22N2O3. The van der Waals surface area contributed by atoms with Crippen molar-refractivity contribution in [1.82, 2.24) is 10.2 Å². The third-order valence-electron chi connectivity index (χ3n) is 3.02. The van der Waals surface area contributed by atoms with Gasteiger partial charge in [0.1, 0.15) is 6.04 Å². The van der Waals surface area contributed by atoms with E-state index in [0.29, 0.717) is 6.54 Å². The van der Waals surface area contributed by atoms with E-state index in [2.05, 4.69) is 5.32 Å². The van der Waals surface area contributed by atoms with E-state index in [4.69, 9.17) is 5.11 Å². The minimum absolute atomic E-state index is 0.0891. The molecule has 114 valence electrons. The molecule has 0 bridgehead atoms. The predicted octanol–water partition coefficient (Wildman–Crippen LogP) is 1.05. The highest BCUT2D eigenvalue weighted by atomic mass is 16.3. The highest BCUT2D eigenvalue weighted by Crippen LogP contribution is 2.01. The van der Waals surface area contributed by atoms with E-state index < -0.39 is 6.04 Å². The minimum atomic E-state index is -0.621. The molecule has 1 unspecified atom stereocenters. The van der Waals surface area contributed by atoms with Gasteiger partial charge in [-0.3, -0.25) is 9.59 Å². The van der Waals surface area contributed by atoms with Crippen molar-refractivity contribution >= 4 is 17.9 Å². The fourth-order valence-corrected chi connectivity index (χ4v) is 1.88. The van der Waals surface area contributed by atoms with Gasteiger partial charge in [-0.2, -0.15) is 0 Å². The number of amides is 2. The molecule has 0 spiro atoms. The SMILES string of the molecule is CCN(CCO)C(=O)C(C)NC(=O)/C=C/c1ccccc1. The standard InChI is InChI=1S/C16H22N2O3/c1-3-18(11-12-19)16(21)13(2)17-15(20)10-9-14-7-5-4-6-8-14/h4-10,13,19H,3,11-12H2,1-2H3,(H,17,20)/b10-9+. The van der Waals surface area contributed by atoms with Crippen molar-refractivity contribution < 1.29 is 14.7 Å². The van der Waals surface area contributed by atoms with Crippen LogP contribution >= 0.6 is 0 Å².